The smallest absolute Gasteiger partial charge is 0.132 e. The molecular weight excluding hydrogens is 275 g/mol. The highest BCUT2D eigenvalue weighted by Crippen LogP contribution is 2.64. The first-order chi connectivity index (χ1) is 6.98. The van der Waals surface area contributed by atoms with Gasteiger partial charge in [0.2, 0.25) is 0 Å². The summed E-state index contributed by atoms with van der Waals surface area (Å²) in [6.45, 7) is 5.17. The normalized spacial score (nSPS) is 27.8. The molecule has 2 rings (SSSR count). The zero-order valence-corrected chi connectivity index (χ0v) is 11.1. The Bertz CT molecular complexity index is 392. The molecule has 2 N–H and O–H groups in total. The Morgan fingerprint density at radius 1 is 1.60 bits per heavy atom. The quantitative estimate of drug-likeness (QED) is 0.849. The fourth-order valence-corrected chi connectivity index (χ4v) is 3.03. The molecule has 15 heavy (non-hydrogen) atoms. The van der Waals surface area contributed by atoms with Gasteiger partial charge in [0.25, 0.3) is 0 Å². The number of nitrogens with zero attached hydrogens (tertiary/aromatic N) is 1. The van der Waals surface area contributed by atoms with Gasteiger partial charge in [0.1, 0.15) is 5.15 Å². The summed E-state index contributed by atoms with van der Waals surface area (Å²) in [5.41, 5.74) is 7.12. The molecule has 0 spiro atoms. The molecule has 1 aromatic rings. The molecule has 0 aromatic carbocycles. The third kappa shape index (κ3) is 1.81. The highest BCUT2D eigenvalue weighted by molar-refractivity contribution is 9.10. The SMILES string of the molecule is CC1(C)[C@@H](CN)[C@@H]1c1cc(Br)cnc1Cl. The van der Waals surface area contributed by atoms with E-state index in [-0.39, 0.29) is 5.41 Å². The lowest BCUT2D eigenvalue weighted by Gasteiger charge is -2.05. The van der Waals surface area contributed by atoms with E-state index in [2.05, 4.69) is 40.8 Å². The Hall–Kier alpha value is -0.120. The number of pyridine rings is 1. The molecule has 0 aliphatic heterocycles. The topological polar surface area (TPSA) is 38.9 Å². The molecule has 0 radical (unpaired) electrons. The van der Waals surface area contributed by atoms with Crippen molar-refractivity contribution in [2.24, 2.45) is 17.1 Å². The molecule has 0 bridgehead atoms. The maximum absolute atomic E-state index is 6.11. The van der Waals surface area contributed by atoms with Gasteiger partial charge in [-0.25, -0.2) is 4.98 Å². The summed E-state index contributed by atoms with van der Waals surface area (Å²) >= 11 is 9.53. The van der Waals surface area contributed by atoms with E-state index in [1.165, 1.54) is 0 Å². The minimum absolute atomic E-state index is 0.251. The van der Waals surface area contributed by atoms with Crippen LogP contribution in [0.1, 0.15) is 25.3 Å². The Kier molecular flexibility index (Phi) is 2.82. The second-order valence-electron chi connectivity index (χ2n) is 4.67. The summed E-state index contributed by atoms with van der Waals surface area (Å²) in [7, 11) is 0. The Morgan fingerprint density at radius 3 is 2.80 bits per heavy atom. The number of hydrogen-bond donors (Lipinski definition) is 1. The number of nitrogens with two attached hydrogens (primary N) is 1. The van der Waals surface area contributed by atoms with E-state index in [1.807, 2.05) is 0 Å². The van der Waals surface area contributed by atoms with Gasteiger partial charge in [-0.2, -0.15) is 0 Å². The van der Waals surface area contributed by atoms with Gasteiger partial charge in [0.05, 0.1) is 0 Å². The molecular formula is C11H14BrClN2. The largest absolute Gasteiger partial charge is 0.330 e. The van der Waals surface area contributed by atoms with E-state index in [0.29, 0.717) is 23.5 Å². The van der Waals surface area contributed by atoms with E-state index in [9.17, 15) is 0 Å². The summed E-state index contributed by atoms with van der Waals surface area (Å²) in [5.74, 6) is 0.964. The van der Waals surface area contributed by atoms with Crippen molar-refractivity contribution in [2.45, 2.75) is 19.8 Å². The van der Waals surface area contributed by atoms with Crippen molar-refractivity contribution in [1.82, 2.24) is 4.98 Å². The summed E-state index contributed by atoms with van der Waals surface area (Å²) in [5, 5.41) is 0.604. The summed E-state index contributed by atoms with van der Waals surface area (Å²) in [4.78, 5) is 4.15. The van der Waals surface area contributed by atoms with E-state index >= 15 is 0 Å². The Labute approximate surface area is 103 Å². The second-order valence-corrected chi connectivity index (χ2v) is 5.95. The first kappa shape index (κ1) is 11.4. The molecule has 0 amide bonds. The van der Waals surface area contributed by atoms with Crippen molar-refractivity contribution >= 4 is 27.5 Å². The predicted molar refractivity (Wildman–Crippen MR) is 66.0 cm³/mol. The standard InChI is InChI=1S/C11H14BrClN2/c1-11(2)8(4-14)9(11)7-3-6(12)5-15-10(7)13/h3,5,8-9H,4,14H2,1-2H3/t8-,9-/m0/s1. The van der Waals surface area contributed by atoms with Gasteiger partial charge >= 0.3 is 0 Å². The summed E-state index contributed by atoms with van der Waals surface area (Å²) < 4.78 is 0.973. The van der Waals surface area contributed by atoms with Gasteiger partial charge in [-0.05, 0) is 51.4 Å². The minimum atomic E-state index is 0.251. The maximum Gasteiger partial charge on any atom is 0.132 e. The van der Waals surface area contributed by atoms with Gasteiger partial charge in [0, 0.05) is 10.7 Å². The zero-order valence-electron chi connectivity index (χ0n) is 8.80. The first-order valence-electron chi connectivity index (χ1n) is 4.99. The van der Waals surface area contributed by atoms with Crippen LogP contribution in [0.2, 0.25) is 5.15 Å². The number of hydrogen-bond acceptors (Lipinski definition) is 2. The monoisotopic (exact) mass is 288 g/mol. The molecule has 82 valence electrons. The summed E-state index contributed by atoms with van der Waals surface area (Å²) in [6, 6.07) is 2.05. The fraction of sp³-hybridized carbons (Fsp3) is 0.545. The van der Waals surface area contributed by atoms with Crippen LogP contribution in [0.4, 0.5) is 0 Å². The molecule has 1 heterocycles. The number of aromatic nitrogens is 1. The van der Waals surface area contributed by atoms with Gasteiger partial charge in [-0.15, -0.1) is 0 Å². The van der Waals surface area contributed by atoms with Gasteiger partial charge < -0.3 is 5.73 Å². The van der Waals surface area contributed by atoms with Crippen LogP contribution in [-0.2, 0) is 0 Å². The van der Waals surface area contributed by atoms with Crippen LogP contribution in [0.5, 0.6) is 0 Å². The average molecular weight is 290 g/mol. The molecule has 0 saturated heterocycles. The first-order valence-corrected chi connectivity index (χ1v) is 6.16. The van der Waals surface area contributed by atoms with Crippen LogP contribution in [0.3, 0.4) is 0 Å². The lowest BCUT2D eigenvalue weighted by molar-refractivity contribution is 0.558. The van der Waals surface area contributed by atoms with Crippen LogP contribution in [0.15, 0.2) is 16.7 Å². The predicted octanol–water partition coefficient (Wildman–Crippen LogP) is 3.20. The van der Waals surface area contributed by atoms with Crippen LogP contribution in [-0.4, -0.2) is 11.5 Å². The van der Waals surface area contributed by atoms with Crippen LogP contribution < -0.4 is 5.73 Å². The van der Waals surface area contributed by atoms with Crippen molar-refractivity contribution in [3.63, 3.8) is 0 Å². The molecule has 1 aliphatic carbocycles. The highest BCUT2D eigenvalue weighted by atomic mass is 79.9. The van der Waals surface area contributed by atoms with E-state index < -0.39 is 0 Å². The van der Waals surface area contributed by atoms with Crippen LogP contribution in [0.25, 0.3) is 0 Å². The van der Waals surface area contributed by atoms with Crippen molar-refractivity contribution in [3.05, 3.63) is 27.5 Å². The molecule has 4 heteroatoms. The molecule has 1 saturated carbocycles. The molecule has 1 aliphatic rings. The molecule has 2 nitrogen and oxygen atoms in total. The lowest BCUT2D eigenvalue weighted by atomic mass is 10.1. The molecule has 1 aromatic heterocycles. The molecule has 0 unspecified atom stereocenters. The third-order valence-corrected chi connectivity index (χ3v) is 4.22. The van der Waals surface area contributed by atoms with Crippen molar-refractivity contribution < 1.29 is 0 Å². The number of halogens is 2. The maximum atomic E-state index is 6.11. The lowest BCUT2D eigenvalue weighted by Crippen LogP contribution is -2.05. The van der Waals surface area contributed by atoms with Crippen LogP contribution >= 0.6 is 27.5 Å². The highest BCUT2D eigenvalue weighted by Gasteiger charge is 2.58. The van der Waals surface area contributed by atoms with Crippen molar-refractivity contribution in [2.75, 3.05) is 6.54 Å². The van der Waals surface area contributed by atoms with Gasteiger partial charge in [-0.1, -0.05) is 25.4 Å². The van der Waals surface area contributed by atoms with E-state index in [0.717, 1.165) is 10.0 Å². The van der Waals surface area contributed by atoms with Gasteiger partial charge in [-0.3, -0.25) is 0 Å². The Morgan fingerprint density at radius 2 is 2.27 bits per heavy atom. The van der Waals surface area contributed by atoms with Crippen molar-refractivity contribution in [1.29, 1.82) is 0 Å². The zero-order chi connectivity index (χ0) is 11.2. The fourth-order valence-electron chi connectivity index (χ4n) is 2.46. The minimum Gasteiger partial charge on any atom is -0.330 e. The average Bonchev–Trinajstić information content (AvgIpc) is 2.72. The van der Waals surface area contributed by atoms with Crippen molar-refractivity contribution in [3.8, 4) is 0 Å². The number of rotatable bonds is 2. The Balaban J connectivity index is 2.36. The summed E-state index contributed by atoms with van der Waals surface area (Å²) in [6.07, 6.45) is 1.72. The molecule has 2 atom stereocenters. The second kappa shape index (κ2) is 3.72. The third-order valence-electron chi connectivity index (χ3n) is 3.47. The van der Waals surface area contributed by atoms with Gasteiger partial charge in [0.15, 0.2) is 0 Å². The van der Waals surface area contributed by atoms with Crippen LogP contribution in [0, 0.1) is 11.3 Å². The van der Waals surface area contributed by atoms with E-state index in [4.69, 9.17) is 17.3 Å². The van der Waals surface area contributed by atoms with E-state index in [1.54, 1.807) is 6.20 Å². The molecule has 1 fully saturated rings.